The zero-order chi connectivity index (χ0) is 17.8. The summed E-state index contributed by atoms with van der Waals surface area (Å²) in [6, 6.07) is 19.3. The third-order valence-electron chi connectivity index (χ3n) is 3.87. The highest BCUT2D eigenvalue weighted by atomic mass is 32.1. The molecule has 0 aliphatic rings. The number of hydrogen-bond donors (Lipinski definition) is 1. The van der Waals surface area contributed by atoms with Crippen molar-refractivity contribution in [1.82, 2.24) is 4.98 Å². The van der Waals surface area contributed by atoms with E-state index in [2.05, 4.69) is 10.3 Å². The highest BCUT2D eigenvalue weighted by molar-refractivity contribution is 7.17. The highest BCUT2D eigenvalue weighted by Gasteiger charge is 2.24. The van der Waals surface area contributed by atoms with Gasteiger partial charge < -0.3 is 5.32 Å². The maximum absolute atomic E-state index is 13.0. The minimum absolute atomic E-state index is 0.0434. The molecule has 1 heterocycles. The second kappa shape index (κ2) is 7.40. The molecule has 0 fully saturated rings. The van der Waals surface area contributed by atoms with E-state index in [0.29, 0.717) is 15.7 Å². The van der Waals surface area contributed by atoms with Gasteiger partial charge in [0.2, 0.25) is 5.91 Å². The van der Waals surface area contributed by atoms with E-state index in [9.17, 15) is 9.59 Å². The van der Waals surface area contributed by atoms with Crippen molar-refractivity contribution >= 4 is 28.2 Å². The van der Waals surface area contributed by atoms with Crippen LogP contribution < -0.4 is 5.32 Å². The second-order valence-electron chi connectivity index (χ2n) is 5.73. The standard InChI is InChI=1S/C20H18N2O2S/c1-13-18(14(2)23)25-20(21-13)22-19(24)17(15-9-5-3-6-10-15)16-11-7-4-8-12-16/h3-12,17H,1-2H3,(H,21,22,24). The van der Waals surface area contributed by atoms with Crippen LogP contribution in [0.4, 0.5) is 5.13 Å². The van der Waals surface area contributed by atoms with Gasteiger partial charge in [0, 0.05) is 6.92 Å². The van der Waals surface area contributed by atoms with Crippen molar-refractivity contribution < 1.29 is 9.59 Å². The molecule has 1 amide bonds. The van der Waals surface area contributed by atoms with Gasteiger partial charge in [0.15, 0.2) is 10.9 Å². The van der Waals surface area contributed by atoms with Gasteiger partial charge in [0.05, 0.1) is 16.5 Å². The van der Waals surface area contributed by atoms with Crippen LogP contribution in [0, 0.1) is 6.92 Å². The van der Waals surface area contributed by atoms with Gasteiger partial charge in [-0.2, -0.15) is 0 Å². The van der Waals surface area contributed by atoms with E-state index in [1.54, 1.807) is 6.92 Å². The van der Waals surface area contributed by atoms with Crippen LogP contribution in [0.2, 0.25) is 0 Å². The third kappa shape index (κ3) is 3.83. The number of rotatable bonds is 5. The SMILES string of the molecule is CC(=O)c1sc(NC(=O)C(c2ccccc2)c2ccccc2)nc1C. The molecule has 0 bridgehead atoms. The minimum Gasteiger partial charge on any atom is -0.301 e. The normalized spacial score (nSPS) is 10.7. The molecule has 0 unspecified atom stereocenters. The van der Waals surface area contributed by atoms with E-state index < -0.39 is 5.92 Å². The Morgan fingerprint density at radius 2 is 1.48 bits per heavy atom. The van der Waals surface area contributed by atoms with E-state index in [1.165, 1.54) is 18.3 Å². The number of aryl methyl sites for hydroxylation is 1. The number of anilines is 1. The third-order valence-corrected chi connectivity index (χ3v) is 5.05. The van der Waals surface area contributed by atoms with Crippen molar-refractivity contribution in [2.45, 2.75) is 19.8 Å². The number of ketones is 1. The maximum Gasteiger partial charge on any atom is 0.238 e. The zero-order valence-electron chi connectivity index (χ0n) is 14.0. The molecule has 0 atom stereocenters. The first-order chi connectivity index (χ1) is 12.1. The molecule has 3 rings (SSSR count). The average molecular weight is 350 g/mol. The lowest BCUT2D eigenvalue weighted by Gasteiger charge is -2.17. The minimum atomic E-state index is -0.438. The Labute approximate surface area is 150 Å². The van der Waals surface area contributed by atoms with Gasteiger partial charge in [-0.15, -0.1) is 0 Å². The van der Waals surface area contributed by atoms with Crippen LogP contribution in [0.25, 0.3) is 0 Å². The van der Waals surface area contributed by atoms with Gasteiger partial charge in [-0.25, -0.2) is 4.98 Å². The number of Topliss-reactive ketones (excluding diaryl/α,β-unsaturated/α-hetero) is 1. The zero-order valence-corrected chi connectivity index (χ0v) is 14.8. The lowest BCUT2D eigenvalue weighted by atomic mass is 9.90. The van der Waals surface area contributed by atoms with Gasteiger partial charge >= 0.3 is 0 Å². The van der Waals surface area contributed by atoms with Crippen LogP contribution in [-0.4, -0.2) is 16.7 Å². The molecule has 3 aromatic rings. The number of carbonyl (C=O) groups is 2. The highest BCUT2D eigenvalue weighted by Crippen LogP contribution is 2.28. The number of benzene rings is 2. The first kappa shape index (κ1) is 17.0. The summed E-state index contributed by atoms with van der Waals surface area (Å²) in [5.74, 6) is -0.646. The Morgan fingerprint density at radius 3 is 1.92 bits per heavy atom. The number of thiazole rings is 1. The first-order valence-corrected chi connectivity index (χ1v) is 8.77. The van der Waals surface area contributed by atoms with Gasteiger partial charge in [-0.05, 0) is 18.1 Å². The van der Waals surface area contributed by atoms with Crippen LogP contribution in [0.3, 0.4) is 0 Å². The molecule has 0 saturated carbocycles. The summed E-state index contributed by atoms with van der Waals surface area (Å²) in [4.78, 5) is 29.5. The molecular weight excluding hydrogens is 332 g/mol. The molecule has 5 heteroatoms. The molecule has 0 spiro atoms. The fourth-order valence-corrected chi connectivity index (χ4v) is 3.60. The Balaban J connectivity index is 1.93. The quantitative estimate of drug-likeness (QED) is 0.693. The van der Waals surface area contributed by atoms with E-state index in [4.69, 9.17) is 0 Å². The Morgan fingerprint density at radius 1 is 0.960 bits per heavy atom. The molecular formula is C20H18N2O2S. The molecule has 0 saturated heterocycles. The molecule has 0 aliphatic carbocycles. The topological polar surface area (TPSA) is 59.1 Å². The number of amides is 1. The number of carbonyl (C=O) groups excluding carboxylic acids is 2. The fourth-order valence-electron chi connectivity index (χ4n) is 2.74. The summed E-state index contributed by atoms with van der Waals surface area (Å²) < 4.78 is 0. The van der Waals surface area contributed by atoms with Gasteiger partial charge in [0.25, 0.3) is 0 Å². The monoisotopic (exact) mass is 350 g/mol. The molecule has 1 N–H and O–H groups in total. The second-order valence-corrected chi connectivity index (χ2v) is 6.73. The largest absolute Gasteiger partial charge is 0.301 e. The van der Waals surface area contributed by atoms with Crippen molar-refractivity contribution in [3.05, 3.63) is 82.4 Å². The smallest absolute Gasteiger partial charge is 0.238 e. The molecule has 4 nitrogen and oxygen atoms in total. The maximum atomic E-state index is 13.0. The van der Waals surface area contributed by atoms with Crippen LogP contribution in [0.1, 0.15) is 39.3 Å². The van der Waals surface area contributed by atoms with Crippen LogP contribution in [0.15, 0.2) is 60.7 Å². The summed E-state index contributed by atoms with van der Waals surface area (Å²) in [6.45, 7) is 3.28. The number of nitrogens with zero attached hydrogens (tertiary/aromatic N) is 1. The molecule has 126 valence electrons. The first-order valence-electron chi connectivity index (χ1n) is 7.95. The summed E-state index contributed by atoms with van der Waals surface area (Å²) >= 11 is 1.21. The van der Waals surface area contributed by atoms with Crippen molar-refractivity contribution in [3.63, 3.8) is 0 Å². The number of hydrogen-bond acceptors (Lipinski definition) is 4. The van der Waals surface area contributed by atoms with E-state index >= 15 is 0 Å². The van der Waals surface area contributed by atoms with E-state index in [0.717, 1.165) is 11.1 Å². The molecule has 2 aromatic carbocycles. The number of aromatic nitrogens is 1. The van der Waals surface area contributed by atoms with Crippen molar-refractivity contribution in [2.24, 2.45) is 0 Å². The van der Waals surface area contributed by atoms with Crippen LogP contribution in [0.5, 0.6) is 0 Å². The Kier molecular flexibility index (Phi) is 5.05. The lowest BCUT2D eigenvalue weighted by molar-refractivity contribution is -0.116. The van der Waals surface area contributed by atoms with E-state index in [-0.39, 0.29) is 11.7 Å². The molecule has 0 aliphatic heterocycles. The summed E-state index contributed by atoms with van der Waals surface area (Å²) in [7, 11) is 0. The van der Waals surface area contributed by atoms with Crippen LogP contribution in [-0.2, 0) is 4.79 Å². The van der Waals surface area contributed by atoms with Gasteiger partial charge in [0.1, 0.15) is 0 Å². The van der Waals surface area contributed by atoms with Gasteiger partial charge in [-0.3, -0.25) is 9.59 Å². The molecule has 0 radical (unpaired) electrons. The summed E-state index contributed by atoms with van der Waals surface area (Å²) in [5, 5.41) is 3.32. The van der Waals surface area contributed by atoms with Crippen molar-refractivity contribution in [1.29, 1.82) is 0 Å². The summed E-state index contributed by atoms with van der Waals surface area (Å²) in [6.07, 6.45) is 0. The van der Waals surface area contributed by atoms with E-state index in [1.807, 2.05) is 60.7 Å². The Bertz CT molecular complexity index is 849. The Hall–Kier alpha value is -2.79. The molecule has 1 aromatic heterocycles. The van der Waals surface area contributed by atoms with Crippen molar-refractivity contribution in [3.8, 4) is 0 Å². The van der Waals surface area contributed by atoms with Crippen LogP contribution >= 0.6 is 11.3 Å². The van der Waals surface area contributed by atoms with Crippen molar-refractivity contribution in [2.75, 3.05) is 5.32 Å². The lowest BCUT2D eigenvalue weighted by Crippen LogP contribution is -2.22. The fraction of sp³-hybridized carbons (Fsp3) is 0.150. The number of nitrogens with one attached hydrogen (secondary N) is 1. The average Bonchev–Trinajstić information content (AvgIpc) is 2.97. The molecule has 25 heavy (non-hydrogen) atoms. The summed E-state index contributed by atoms with van der Waals surface area (Å²) in [5.41, 5.74) is 2.46. The predicted molar refractivity (Wildman–Crippen MR) is 100 cm³/mol. The predicted octanol–water partition coefficient (Wildman–Crippen LogP) is 4.42. The van der Waals surface area contributed by atoms with Gasteiger partial charge in [-0.1, -0.05) is 72.0 Å².